The molecule has 5 nitrogen and oxygen atoms in total. The Kier molecular flexibility index (Phi) is 2.90. The van der Waals surface area contributed by atoms with Crippen molar-refractivity contribution in [2.75, 3.05) is 11.9 Å². The molecule has 0 saturated carbocycles. The van der Waals surface area contributed by atoms with Crippen molar-refractivity contribution in [2.45, 2.75) is 6.92 Å². The first-order valence-electron chi connectivity index (χ1n) is 6.57. The van der Waals surface area contributed by atoms with Gasteiger partial charge in [0.1, 0.15) is 11.5 Å². The van der Waals surface area contributed by atoms with E-state index in [0.29, 0.717) is 6.54 Å². The van der Waals surface area contributed by atoms with Gasteiger partial charge in [-0.2, -0.15) is 0 Å². The number of aromatic hydroxyl groups is 2. The van der Waals surface area contributed by atoms with Crippen molar-refractivity contribution < 1.29 is 19.8 Å². The van der Waals surface area contributed by atoms with E-state index in [2.05, 4.69) is 5.32 Å². The van der Waals surface area contributed by atoms with Gasteiger partial charge in [-0.3, -0.25) is 9.59 Å². The van der Waals surface area contributed by atoms with Gasteiger partial charge in [0, 0.05) is 23.7 Å². The Morgan fingerprint density at radius 1 is 0.952 bits per heavy atom. The van der Waals surface area contributed by atoms with Gasteiger partial charge in [-0.15, -0.1) is 0 Å². The minimum atomic E-state index is -0.420. The van der Waals surface area contributed by atoms with Crippen molar-refractivity contribution in [1.82, 2.24) is 0 Å². The Labute approximate surface area is 120 Å². The second-order valence-electron chi connectivity index (χ2n) is 4.77. The molecular weight excluding hydrogens is 270 g/mol. The second-order valence-corrected chi connectivity index (χ2v) is 4.77. The van der Waals surface area contributed by atoms with E-state index in [0.717, 1.165) is 6.07 Å². The van der Waals surface area contributed by atoms with Crippen LogP contribution >= 0.6 is 0 Å². The summed E-state index contributed by atoms with van der Waals surface area (Å²) in [6.07, 6.45) is 0. The molecule has 0 saturated heterocycles. The fraction of sp³-hybridized carbons (Fsp3) is 0.125. The van der Waals surface area contributed by atoms with Crippen LogP contribution in [-0.4, -0.2) is 28.3 Å². The smallest absolute Gasteiger partial charge is 0.198 e. The predicted octanol–water partition coefficient (Wildman–Crippen LogP) is 2.30. The first-order valence-corrected chi connectivity index (χ1v) is 6.57. The van der Waals surface area contributed by atoms with E-state index in [1.165, 1.54) is 0 Å². The third kappa shape index (κ3) is 1.78. The fourth-order valence-electron chi connectivity index (χ4n) is 2.62. The van der Waals surface area contributed by atoms with E-state index >= 15 is 0 Å². The van der Waals surface area contributed by atoms with Crippen LogP contribution in [0, 0.1) is 0 Å². The quantitative estimate of drug-likeness (QED) is 0.496. The number of ketones is 2. The molecule has 0 radical (unpaired) electrons. The maximum absolute atomic E-state index is 12.6. The first kappa shape index (κ1) is 13.2. The average Bonchev–Trinajstić information content (AvgIpc) is 2.47. The molecule has 5 heteroatoms. The molecule has 0 aromatic heterocycles. The van der Waals surface area contributed by atoms with Crippen molar-refractivity contribution in [3.63, 3.8) is 0 Å². The van der Waals surface area contributed by atoms with E-state index in [4.69, 9.17) is 0 Å². The Balaban J connectivity index is 2.37. The Morgan fingerprint density at radius 2 is 1.52 bits per heavy atom. The Hall–Kier alpha value is -2.82. The number of hydrogen-bond donors (Lipinski definition) is 3. The number of fused-ring (bicyclic) bond motifs is 2. The molecule has 0 bridgehead atoms. The highest BCUT2D eigenvalue weighted by Crippen LogP contribution is 2.41. The molecule has 0 spiro atoms. The third-order valence-corrected chi connectivity index (χ3v) is 3.51. The van der Waals surface area contributed by atoms with Gasteiger partial charge < -0.3 is 15.5 Å². The standard InChI is InChI=1S/C16H13NO4/c1-2-17-14-11(19)7-10(18)12-13(14)16(21)9-6-4-3-5-8(9)15(12)20/h3-7,17-19H,2H2,1H3. The van der Waals surface area contributed by atoms with Crippen molar-refractivity contribution in [3.05, 3.63) is 52.6 Å². The number of benzene rings is 2. The molecule has 0 heterocycles. The molecule has 0 unspecified atom stereocenters. The topological polar surface area (TPSA) is 86.6 Å². The van der Waals surface area contributed by atoms with Crippen LogP contribution in [0.1, 0.15) is 38.8 Å². The highest BCUT2D eigenvalue weighted by molar-refractivity contribution is 6.31. The molecule has 21 heavy (non-hydrogen) atoms. The lowest BCUT2D eigenvalue weighted by atomic mass is 9.82. The lowest BCUT2D eigenvalue weighted by molar-refractivity contribution is 0.0977. The molecule has 0 amide bonds. The van der Waals surface area contributed by atoms with Gasteiger partial charge in [0.05, 0.1) is 16.8 Å². The molecule has 1 aliphatic carbocycles. The van der Waals surface area contributed by atoms with Crippen molar-refractivity contribution in [3.8, 4) is 11.5 Å². The highest BCUT2D eigenvalue weighted by atomic mass is 16.3. The maximum Gasteiger partial charge on any atom is 0.198 e. The van der Waals surface area contributed by atoms with Gasteiger partial charge >= 0.3 is 0 Å². The van der Waals surface area contributed by atoms with Gasteiger partial charge in [-0.25, -0.2) is 0 Å². The molecule has 1 aliphatic rings. The Bertz CT molecular complexity index is 780. The zero-order valence-electron chi connectivity index (χ0n) is 11.3. The van der Waals surface area contributed by atoms with E-state index in [1.54, 1.807) is 24.3 Å². The second kappa shape index (κ2) is 4.63. The summed E-state index contributed by atoms with van der Waals surface area (Å²) < 4.78 is 0. The van der Waals surface area contributed by atoms with Crippen LogP contribution in [0.5, 0.6) is 11.5 Å². The minimum absolute atomic E-state index is 0.0260. The van der Waals surface area contributed by atoms with Crippen LogP contribution in [0.25, 0.3) is 0 Å². The molecule has 0 fully saturated rings. The molecule has 106 valence electrons. The summed E-state index contributed by atoms with van der Waals surface area (Å²) in [7, 11) is 0. The summed E-state index contributed by atoms with van der Waals surface area (Å²) in [6, 6.07) is 7.53. The largest absolute Gasteiger partial charge is 0.507 e. The first-order chi connectivity index (χ1) is 10.1. The number of anilines is 1. The zero-order valence-corrected chi connectivity index (χ0v) is 11.3. The van der Waals surface area contributed by atoms with Crippen LogP contribution in [0.15, 0.2) is 30.3 Å². The molecule has 0 aliphatic heterocycles. The van der Waals surface area contributed by atoms with Crippen LogP contribution in [0.2, 0.25) is 0 Å². The van der Waals surface area contributed by atoms with Crippen LogP contribution < -0.4 is 5.32 Å². The average molecular weight is 283 g/mol. The summed E-state index contributed by atoms with van der Waals surface area (Å²) in [5.41, 5.74) is 0.682. The lowest BCUT2D eigenvalue weighted by Gasteiger charge is -2.22. The van der Waals surface area contributed by atoms with Gasteiger partial charge in [-0.1, -0.05) is 24.3 Å². The third-order valence-electron chi connectivity index (χ3n) is 3.51. The summed E-state index contributed by atoms with van der Waals surface area (Å²) in [6.45, 7) is 2.27. The van der Waals surface area contributed by atoms with Crippen molar-refractivity contribution >= 4 is 17.3 Å². The molecule has 3 rings (SSSR count). The summed E-state index contributed by atoms with van der Waals surface area (Å²) in [5, 5.41) is 22.8. The summed E-state index contributed by atoms with van der Waals surface area (Å²) in [4.78, 5) is 25.2. The summed E-state index contributed by atoms with van der Waals surface area (Å²) >= 11 is 0. The maximum atomic E-state index is 12.6. The summed E-state index contributed by atoms with van der Waals surface area (Å²) in [5.74, 6) is -1.45. The number of phenols is 2. The van der Waals surface area contributed by atoms with E-state index in [9.17, 15) is 19.8 Å². The number of carbonyl (C=O) groups excluding carboxylic acids is 2. The number of rotatable bonds is 2. The van der Waals surface area contributed by atoms with Crippen molar-refractivity contribution in [2.24, 2.45) is 0 Å². The van der Waals surface area contributed by atoms with Crippen molar-refractivity contribution in [1.29, 1.82) is 0 Å². The lowest BCUT2D eigenvalue weighted by Crippen LogP contribution is -2.22. The Morgan fingerprint density at radius 3 is 2.10 bits per heavy atom. The number of hydrogen-bond acceptors (Lipinski definition) is 5. The molecule has 0 atom stereocenters. The molecule has 3 N–H and O–H groups in total. The van der Waals surface area contributed by atoms with Gasteiger partial charge in [0.15, 0.2) is 11.6 Å². The van der Waals surface area contributed by atoms with Gasteiger partial charge in [0.25, 0.3) is 0 Å². The zero-order chi connectivity index (χ0) is 15.1. The number of carbonyl (C=O) groups is 2. The fourth-order valence-corrected chi connectivity index (χ4v) is 2.62. The van der Waals surface area contributed by atoms with E-state index in [1.807, 2.05) is 6.92 Å². The van der Waals surface area contributed by atoms with E-state index < -0.39 is 11.5 Å². The SMILES string of the molecule is CCNc1c(O)cc(O)c2c1C(=O)c1ccccc1C2=O. The monoisotopic (exact) mass is 283 g/mol. The highest BCUT2D eigenvalue weighted by Gasteiger charge is 2.35. The predicted molar refractivity (Wildman–Crippen MR) is 77.2 cm³/mol. The van der Waals surface area contributed by atoms with Crippen LogP contribution in [-0.2, 0) is 0 Å². The normalized spacial score (nSPS) is 12.8. The van der Waals surface area contributed by atoms with Gasteiger partial charge in [-0.05, 0) is 6.92 Å². The van der Waals surface area contributed by atoms with Crippen LogP contribution in [0.3, 0.4) is 0 Å². The minimum Gasteiger partial charge on any atom is -0.507 e. The number of nitrogens with one attached hydrogen (secondary N) is 1. The molecule has 2 aromatic carbocycles. The van der Waals surface area contributed by atoms with Gasteiger partial charge in [0.2, 0.25) is 0 Å². The number of phenolic OH excluding ortho intramolecular Hbond substituents is 2. The van der Waals surface area contributed by atoms with Crippen LogP contribution in [0.4, 0.5) is 5.69 Å². The molecular formula is C16H13NO4. The molecule has 2 aromatic rings. The van der Waals surface area contributed by atoms with E-state index in [-0.39, 0.29) is 39.5 Å².